The van der Waals surface area contributed by atoms with Gasteiger partial charge in [0, 0.05) is 25.7 Å². The minimum atomic E-state index is 0.0497. The maximum absolute atomic E-state index is 12.1. The molecule has 5 heteroatoms. The van der Waals surface area contributed by atoms with Gasteiger partial charge in [0.25, 0.3) is 5.91 Å². The standard InChI is InChI=1S/C19H30N2O3/c1-4-7-15(2)20-13-16-8-9-17(18(12-16)23-3)24-14-19(22)21-10-5-6-11-21/h8-9,12,15,20H,4-7,10-11,13-14H2,1-3H3/t15-/m1/s1. The number of nitrogens with one attached hydrogen (secondary N) is 1. The van der Waals surface area contributed by atoms with Crippen LogP contribution in [-0.4, -0.2) is 43.7 Å². The summed E-state index contributed by atoms with van der Waals surface area (Å²) in [6.07, 6.45) is 4.52. The molecule has 134 valence electrons. The Labute approximate surface area is 145 Å². The first-order chi connectivity index (χ1) is 11.6. The molecule has 0 saturated carbocycles. The molecule has 0 unspecified atom stereocenters. The van der Waals surface area contributed by atoms with E-state index in [-0.39, 0.29) is 12.5 Å². The fourth-order valence-corrected chi connectivity index (χ4v) is 2.97. The topological polar surface area (TPSA) is 50.8 Å². The Morgan fingerprint density at radius 3 is 2.71 bits per heavy atom. The smallest absolute Gasteiger partial charge is 0.260 e. The van der Waals surface area contributed by atoms with E-state index in [4.69, 9.17) is 9.47 Å². The normalized spacial score (nSPS) is 15.4. The molecule has 1 saturated heterocycles. The summed E-state index contributed by atoms with van der Waals surface area (Å²) in [4.78, 5) is 13.9. The fourth-order valence-electron chi connectivity index (χ4n) is 2.97. The molecule has 0 aliphatic carbocycles. The van der Waals surface area contributed by atoms with Crippen LogP contribution in [0, 0.1) is 0 Å². The summed E-state index contributed by atoms with van der Waals surface area (Å²) in [6.45, 7) is 6.95. The predicted octanol–water partition coefficient (Wildman–Crippen LogP) is 2.97. The summed E-state index contributed by atoms with van der Waals surface area (Å²) in [5.74, 6) is 1.34. The van der Waals surface area contributed by atoms with Crippen molar-refractivity contribution in [3.05, 3.63) is 23.8 Å². The molecule has 1 amide bonds. The zero-order chi connectivity index (χ0) is 17.4. The first-order valence-electron chi connectivity index (χ1n) is 8.95. The fraction of sp³-hybridized carbons (Fsp3) is 0.632. The lowest BCUT2D eigenvalue weighted by Gasteiger charge is -2.17. The number of hydrogen-bond acceptors (Lipinski definition) is 4. The van der Waals surface area contributed by atoms with Crippen LogP contribution in [0.2, 0.25) is 0 Å². The number of likely N-dealkylation sites (tertiary alicyclic amines) is 1. The zero-order valence-corrected chi connectivity index (χ0v) is 15.1. The third-order valence-electron chi connectivity index (χ3n) is 4.41. The molecule has 1 aliphatic heterocycles. The first-order valence-corrected chi connectivity index (χ1v) is 8.95. The lowest BCUT2D eigenvalue weighted by molar-refractivity contribution is -0.132. The van der Waals surface area contributed by atoms with Gasteiger partial charge in [-0.3, -0.25) is 4.79 Å². The molecule has 1 fully saturated rings. The number of benzene rings is 1. The van der Waals surface area contributed by atoms with E-state index in [1.165, 1.54) is 6.42 Å². The third-order valence-corrected chi connectivity index (χ3v) is 4.41. The molecular weight excluding hydrogens is 304 g/mol. The van der Waals surface area contributed by atoms with Crippen molar-refractivity contribution in [3.63, 3.8) is 0 Å². The highest BCUT2D eigenvalue weighted by Crippen LogP contribution is 2.28. The Hall–Kier alpha value is -1.75. The van der Waals surface area contributed by atoms with Crippen LogP contribution >= 0.6 is 0 Å². The number of nitrogens with zero attached hydrogens (tertiary/aromatic N) is 1. The molecule has 5 nitrogen and oxygen atoms in total. The number of ether oxygens (including phenoxy) is 2. The minimum Gasteiger partial charge on any atom is -0.493 e. The van der Waals surface area contributed by atoms with Gasteiger partial charge in [-0.15, -0.1) is 0 Å². The lowest BCUT2D eigenvalue weighted by atomic mass is 10.1. The van der Waals surface area contributed by atoms with Crippen molar-refractivity contribution in [3.8, 4) is 11.5 Å². The third kappa shape index (κ3) is 5.41. The van der Waals surface area contributed by atoms with Gasteiger partial charge in [0.2, 0.25) is 0 Å². The van der Waals surface area contributed by atoms with E-state index in [0.717, 1.165) is 44.5 Å². The van der Waals surface area contributed by atoms with Crippen LogP contribution < -0.4 is 14.8 Å². The molecule has 1 atom stereocenters. The summed E-state index contributed by atoms with van der Waals surface area (Å²) in [7, 11) is 1.63. The number of methoxy groups -OCH3 is 1. The van der Waals surface area contributed by atoms with Crippen molar-refractivity contribution in [2.24, 2.45) is 0 Å². The van der Waals surface area contributed by atoms with Crippen molar-refractivity contribution < 1.29 is 14.3 Å². The molecule has 1 N–H and O–H groups in total. The van der Waals surface area contributed by atoms with E-state index >= 15 is 0 Å². The van der Waals surface area contributed by atoms with Gasteiger partial charge in [-0.05, 0) is 43.9 Å². The molecule has 1 heterocycles. The second kappa shape index (κ2) is 9.52. The molecule has 1 aromatic carbocycles. The average Bonchev–Trinajstić information content (AvgIpc) is 3.13. The Kier molecular flexibility index (Phi) is 7.37. The summed E-state index contributed by atoms with van der Waals surface area (Å²) >= 11 is 0. The summed E-state index contributed by atoms with van der Waals surface area (Å²) < 4.78 is 11.1. The summed E-state index contributed by atoms with van der Waals surface area (Å²) in [5, 5.41) is 3.50. The van der Waals surface area contributed by atoms with E-state index in [1.807, 2.05) is 23.1 Å². The van der Waals surface area contributed by atoms with Gasteiger partial charge in [0.15, 0.2) is 18.1 Å². The van der Waals surface area contributed by atoms with Crippen LogP contribution in [0.5, 0.6) is 11.5 Å². The minimum absolute atomic E-state index is 0.0497. The van der Waals surface area contributed by atoms with Crippen LogP contribution in [0.4, 0.5) is 0 Å². The van der Waals surface area contributed by atoms with Gasteiger partial charge in [-0.2, -0.15) is 0 Å². The van der Waals surface area contributed by atoms with Crippen LogP contribution in [0.15, 0.2) is 18.2 Å². The second-order valence-electron chi connectivity index (χ2n) is 6.43. The van der Waals surface area contributed by atoms with E-state index in [0.29, 0.717) is 17.5 Å². The van der Waals surface area contributed by atoms with Crippen molar-refractivity contribution in [2.45, 2.75) is 52.1 Å². The maximum atomic E-state index is 12.1. The number of amides is 1. The Balaban J connectivity index is 1.89. The van der Waals surface area contributed by atoms with Gasteiger partial charge in [0.05, 0.1) is 7.11 Å². The highest BCUT2D eigenvalue weighted by molar-refractivity contribution is 5.78. The van der Waals surface area contributed by atoms with Crippen LogP contribution in [0.3, 0.4) is 0 Å². The van der Waals surface area contributed by atoms with E-state index in [1.54, 1.807) is 7.11 Å². The number of hydrogen-bond donors (Lipinski definition) is 1. The molecule has 24 heavy (non-hydrogen) atoms. The molecule has 1 aromatic rings. The van der Waals surface area contributed by atoms with Gasteiger partial charge in [0.1, 0.15) is 0 Å². The van der Waals surface area contributed by atoms with Crippen molar-refractivity contribution >= 4 is 5.91 Å². The van der Waals surface area contributed by atoms with Crippen LogP contribution in [0.25, 0.3) is 0 Å². The first kappa shape index (κ1) is 18.6. The quantitative estimate of drug-likeness (QED) is 0.754. The van der Waals surface area contributed by atoms with Gasteiger partial charge >= 0.3 is 0 Å². The summed E-state index contributed by atoms with van der Waals surface area (Å²) in [5.41, 5.74) is 1.15. The molecule has 0 spiro atoms. The number of rotatable bonds is 9. The molecular formula is C19H30N2O3. The zero-order valence-electron chi connectivity index (χ0n) is 15.1. The monoisotopic (exact) mass is 334 g/mol. The molecule has 0 radical (unpaired) electrons. The molecule has 0 aromatic heterocycles. The number of carbonyl (C=O) groups is 1. The van der Waals surface area contributed by atoms with Crippen molar-refractivity contribution in [2.75, 3.05) is 26.8 Å². The Morgan fingerprint density at radius 2 is 2.04 bits per heavy atom. The molecule has 1 aliphatic rings. The Bertz CT molecular complexity index is 527. The number of carbonyl (C=O) groups excluding carboxylic acids is 1. The Morgan fingerprint density at radius 1 is 1.29 bits per heavy atom. The largest absolute Gasteiger partial charge is 0.493 e. The van der Waals surface area contributed by atoms with Gasteiger partial charge in [-0.1, -0.05) is 19.4 Å². The molecule has 2 rings (SSSR count). The van der Waals surface area contributed by atoms with Gasteiger partial charge in [-0.25, -0.2) is 0 Å². The van der Waals surface area contributed by atoms with Gasteiger partial charge < -0.3 is 19.7 Å². The maximum Gasteiger partial charge on any atom is 0.260 e. The molecule has 0 bridgehead atoms. The second-order valence-corrected chi connectivity index (χ2v) is 6.43. The highest BCUT2D eigenvalue weighted by Gasteiger charge is 2.18. The average molecular weight is 334 g/mol. The van der Waals surface area contributed by atoms with Crippen LogP contribution in [0.1, 0.15) is 45.1 Å². The lowest BCUT2D eigenvalue weighted by Crippen LogP contribution is -2.32. The SMILES string of the molecule is CCC[C@@H](C)NCc1ccc(OCC(=O)N2CCCC2)c(OC)c1. The van der Waals surface area contributed by atoms with Crippen LogP contribution in [-0.2, 0) is 11.3 Å². The predicted molar refractivity (Wildman–Crippen MR) is 95.5 cm³/mol. The van der Waals surface area contributed by atoms with Crippen molar-refractivity contribution in [1.29, 1.82) is 0 Å². The summed E-state index contributed by atoms with van der Waals surface area (Å²) in [6, 6.07) is 6.37. The van der Waals surface area contributed by atoms with E-state index in [9.17, 15) is 4.79 Å². The highest BCUT2D eigenvalue weighted by atomic mass is 16.5. The van der Waals surface area contributed by atoms with E-state index < -0.39 is 0 Å². The van der Waals surface area contributed by atoms with E-state index in [2.05, 4.69) is 19.2 Å². The van der Waals surface area contributed by atoms with Crippen molar-refractivity contribution in [1.82, 2.24) is 10.2 Å².